The van der Waals surface area contributed by atoms with E-state index in [1.807, 2.05) is 0 Å². The van der Waals surface area contributed by atoms with Crippen molar-refractivity contribution in [1.29, 1.82) is 0 Å². The van der Waals surface area contributed by atoms with E-state index >= 15 is 0 Å². The molecule has 0 unspecified atom stereocenters. The van der Waals surface area contributed by atoms with Crippen LogP contribution in [-0.2, 0) is 4.79 Å². The van der Waals surface area contributed by atoms with E-state index < -0.39 is 5.97 Å². The number of rotatable bonds is 15. The van der Waals surface area contributed by atoms with Gasteiger partial charge in [-0.3, -0.25) is 0 Å². The van der Waals surface area contributed by atoms with E-state index in [0.717, 1.165) is 19.3 Å². The molecular formula is C20H40O3Sn. The molecule has 0 radical (unpaired) electrons. The maximum Gasteiger partial charge on any atom is -0.870 e. The second-order valence-electron chi connectivity index (χ2n) is 6.21. The van der Waals surface area contributed by atoms with E-state index in [0.29, 0.717) is 0 Å². The number of unbranched alkanes of at least 4 members (excludes halogenated alkanes) is 11. The SMILES string of the molecule is CCCCCCCC/C=C\CCCCCCCC(=O)[O-].[CH3][Sn+2][CH3].[OH-]. The van der Waals surface area contributed by atoms with Crippen molar-refractivity contribution in [3.63, 3.8) is 0 Å². The number of carbonyl (C=O) groups excluding carboxylic acids is 1. The summed E-state index contributed by atoms with van der Waals surface area (Å²) in [4.78, 5) is 14.8. The molecule has 0 rings (SSSR count). The summed E-state index contributed by atoms with van der Waals surface area (Å²) in [6, 6.07) is 0. The molecule has 0 saturated heterocycles. The van der Waals surface area contributed by atoms with Gasteiger partial charge in [-0.2, -0.15) is 0 Å². The van der Waals surface area contributed by atoms with Crippen molar-refractivity contribution in [3.05, 3.63) is 12.2 Å². The Morgan fingerprint density at radius 2 is 1.17 bits per heavy atom. The minimum Gasteiger partial charge on any atom is -0.870 e. The van der Waals surface area contributed by atoms with Gasteiger partial charge in [0.1, 0.15) is 0 Å². The summed E-state index contributed by atoms with van der Waals surface area (Å²) < 4.78 is 0. The van der Waals surface area contributed by atoms with Gasteiger partial charge in [-0.15, -0.1) is 0 Å². The number of allylic oxidation sites excluding steroid dienone is 2. The largest absolute Gasteiger partial charge is 0.870 e. The van der Waals surface area contributed by atoms with Crippen LogP contribution in [0, 0.1) is 0 Å². The first-order valence-electron chi connectivity index (χ1n) is 9.62. The first-order valence-corrected chi connectivity index (χ1v) is 15.3. The molecule has 0 saturated carbocycles. The summed E-state index contributed by atoms with van der Waals surface area (Å²) in [5, 5.41) is 10.2. The second kappa shape index (κ2) is 27.8. The van der Waals surface area contributed by atoms with Crippen LogP contribution in [0.2, 0.25) is 9.88 Å². The Hall–Kier alpha value is -0.0313. The quantitative estimate of drug-likeness (QED) is 0.192. The van der Waals surface area contributed by atoms with Gasteiger partial charge in [0.05, 0.1) is 0 Å². The fourth-order valence-electron chi connectivity index (χ4n) is 2.34. The average molecular weight is 447 g/mol. The van der Waals surface area contributed by atoms with Gasteiger partial charge in [-0.25, -0.2) is 0 Å². The number of aliphatic carboxylic acids is 1. The first-order chi connectivity index (χ1) is 11.2. The molecule has 24 heavy (non-hydrogen) atoms. The molecule has 1 N–H and O–H groups in total. The molecule has 0 aliphatic carbocycles. The summed E-state index contributed by atoms with van der Waals surface area (Å²) >= 11 is 0.230. The van der Waals surface area contributed by atoms with Crippen LogP contribution in [0.25, 0.3) is 0 Å². The van der Waals surface area contributed by atoms with Crippen molar-refractivity contribution >= 4 is 27.1 Å². The van der Waals surface area contributed by atoms with Crippen molar-refractivity contribution in [2.75, 3.05) is 0 Å². The Morgan fingerprint density at radius 1 is 0.792 bits per heavy atom. The maximum absolute atomic E-state index is 10.2. The topological polar surface area (TPSA) is 70.1 Å². The van der Waals surface area contributed by atoms with Crippen LogP contribution in [0.3, 0.4) is 0 Å². The fourth-order valence-corrected chi connectivity index (χ4v) is 2.34. The second-order valence-corrected chi connectivity index (χ2v) is 9.06. The summed E-state index contributed by atoms with van der Waals surface area (Å²) in [5.41, 5.74) is 0. The normalized spacial score (nSPS) is 9.79. The Bertz CT molecular complexity index is 255. The smallest absolute Gasteiger partial charge is 0.870 e. The Labute approximate surface area is 161 Å². The van der Waals surface area contributed by atoms with Gasteiger partial charge in [-0.1, -0.05) is 70.4 Å². The molecule has 0 aromatic carbocycles. The van der Waals surface area contributed by atoms with Crippen molar-refractivity contribution in [3.8, 4) is 0 Å². The number of carbonyl (C=O) groups is 1. The standard InChI is InChI=1S/C18H34O2.2CH3.H2O.Sn/c1-2-3-4-5-6-7-8-9-10-11-12-13-14-15-16-17-18(19)20;;;;/h9-10H,2-8,11-17H2,1H3,(H,19,20);2*1H3;1H2;/q;;;;+2/p-2/b10-9-;;;;. The van der Waals surface area contributed by atoms with Crippen molar-refractivity contribution in [1.82, 2.24) is 0 Å². The first kappa shape index (κ1) is 28.8. The molecule has 0 spiro atoms. The average Bonchev–Trinajstić information content (AvgIpc) is 2.51. The van der Waals surface area contributed by atoms with Gasteiger partial charge < -0.3 is 15.4 Å². The number of hydrogen-bond donors (Lipinski definition) is 0. The number of hydrogen-bond acceptors (Lipinski definition) is 3. The van der Waals surface area contributed by atoms with Gasteiger partial charge >= 0.3 is 31.0 Å². The molecule has 0 heterocycles. The molecule has 0 bridgehead atoms. The van der Waals surface area contributed by atoms with Gasteiger partial charge in [0, 0.05) is 5.97 Å². The summed E-state index contributed by atoms with van der Waals surface area (Å²) in [7, 11) is 0. The molecule has 142 valence electrons. The van der Waals surface area contributed by atoms with Gasteiger partial charge in [-0.05, 0) is 38.5 Å². The maximum atomic E-state index is 10.2. The van der Waals surface area contributed by atoms with E-state index in [2.05, 4.69) is 29.0 Å². The summed E-state index contributed by atoms with van der Waals surface area (Å²) in [6.45, 7) is 2.26. The molecule has 3 nitrogen and oxygen atoms in total. The Morgan fingerprint density at radius 3 is 1.58 bits per heavy atom. The van der Waals surface area contributed by atoms with Crippen LogP contribution in [0.4, 0.5) is 0 Å². The molecule has 0 aromatic rings. The third-order valence-electron chi connectivity index (χ3n) is 3.64. The van der Waals surface area contributed by atoms with Crippen LogP contribution < -0.4 is 5.11 Å². The van der Waals surface area contributed by atoms with Crippen molar-refractivity contribution in [2.45, 2.75) is 107 Å². The number of carboxylic acids is 1. The summed E-state index contributed by atoms with van der Waals surface area (Å²) in [6.07, 6.45) is 20.9. The zero-order chi connectivity index (χ0) is 17.6. The van der Waals surface area contributed by atoms with Gasteiger partial charge in [0.15, 0.2) is 0 Å². The predicted molar refractivity (Wildman–Crippen MR) is 104 cm³/mol. The minimum atomic E-state index is -0.914. The van der Waals surface area contributed by atoms with E-state index in [1.54, 1.807) is 0 Å². The molecule has 0 aliphatic rings. The molecule has 0 aromatic heterocycles. The third-order valence-corrected chi connectivity index (χ3v) is 3.64. The molecule has 0 atom stereocenters. The van der Waals surface area contributed by atoms with Crippen molar-refractivity contribution < 1.29 is 15.4 Å². The molecule has 0 aliphatic heterocycles. The van der Waals surface area contributed by atoms with Crippen LogP contribution in [0.5, 0.6) is 0 Å². The summed E-state index contributed by atoms with van der Waals surface area (Å²) in [5.74, 6) is -0.914. The van der Waals surface area contributed by atoms with Crippen LogP contribution >= 0.6 is 0 Å². The van der Waals surface area contributed by atoms with Crippen molar-refractivity contribution in [2.24, 2.45) is 0 Å². The fraction of sp³-hybridized carbons (Fsp3) is 0.850. The Balaban J connectivity index is -0.00000102. The van der Waals surface area contributed by atoms with E-state index in [9.17, 15) is 9.90 Å². The van der Waals surface area contributed by atoms with E-state index in [4.69, 9.17) is 0 Å². The van der Waals surface area contributed by atoms with Crippen LogP contribution in [-0.4, -0.2) is 32.6 Å². The van der Waals surface area contributed by atoms with E-state index in [1.165, 1.54) is 64.2 Å². The van der Waals surface area contributed by atoms with Crippen LogP contribution in [0.1, 0.15) is 96.8 Å². The minimum absolute atomic E-state index is 0. The molecule has 0 fully saturated rings. The molecule has 4 heteroatoms. The van der Waals surface area contributed by atoms with Crippen LogP contribution in [0.15, 0.2) is 12.2 Å². The molecular weight excluding hydrogens is 407 g/mol. The monoisotopic (exact) mass is 448 g/mol. The third kappa shape index (κ3) is 33.5. The number of carboxylic acid groups (broad SMARTS) is 1. The predicted octanol–water partition coefficient (Wildman–Crippen LogP) is 5.38. The van der Waals surface area contributed by atoms with Gasteiger partial charge in [0.2, 0.25) is 0 Å². The Kier molecular flexibility index (Phi) is 33.3. The zero-order valence-corrected chi connectivity index (χ0v) is 19.2. The molecule has 0 amide bonds. The van der Waals surface area contributed by atoms with E-state index in [-0.39, 0.29) is 33.0 Å². The van der Waals surface area contributed by atoms with Gasteiger partial charge in [0.25, 0.3) is 0 Å². The zero-order valence-electron chi connectivity index (χ0n) is 16.3.